The van der Waals surface area contributed by atoms with Gasteiger partial charge in [-0.05, 0) is 30.7 Å². The Morgan fingerprint density at radius 1 is 1.38 bits per heavy atom. The smallest absolute Gasteiger partial charge is 0.248 e. The number of nitrogens with two attached hydrogens (primary N) is 1. The zero-order valence-electron chi connectivity index (χ0n) is 11.5. The molecule has 0 aliphatic carbocycles. The zero-order valence-corrected chi connectivity index (χ0v) is 12.3. The lowest BCUT2D eigenvalue weighted by molar-refractivity contribution is 0.1000. The van der Waals surface area contributed by atoms with Crippen molar-refractivity contribution in [3.63, 3.8) is 0 Å². The second-order valence-corrected chi connectivity index (χ2v) is 6.10. The quantitative estimate of drug-likeness (QED) is 0.912. The number of hydrogen-bond donors (Lipinski definition) is 2. The van der Waals surface area contributed by atoms with Crippen LogP contribution in [0.2, 0.25) is 0 Å². The number of primary amides is 1. The number of fused-ring (bicyclic) bond motifs is 1. The van der Waals surface area contributed by atoms with E-state index in [0.717, 1.165) is 5.75 Å². The number of nitrogens with one attached hydrogen (secondary N) is 1. The van der Waals surface area contributed by atoms with E-state index in [1.807, 2.05) is 12.1 Å². The highest BCUT2D eigenvalue weighted by Gasteiger charge is 2.23. The Hall–Kier alpha value is -2.01. The molecule has 0 radical (unpaired) electrons. The molecule has 1 amide bonds. The van der Waals surface area contributed by atoms with Gasteiger partial charge in [0.2, 0.25) is 5.91 Å². The van der Waals surface area contributed by atoms with E-state index in [4.69, 9.17) is 5.73 Å². The molecule has 1 heterocycles. The normalized spacial score (nSPS) is 16.6. The molecule has 1 aliphatic rings. The van der Waals surface area contributed by atoms with E-state index in [-0.39, 0.29) is 11.6 Å². The molecular weight excluding hydrogens is 287 g/mol. The summed E-state index contributed by atoms with van der Waals surface area (Å²) in [5.74, 6) is -0.174. The Bertz CT molecular complexity index is 717. The van der Waals surface area contributed by atoms with Crippen LogP contribution < -0.4 is 11.1 Å². The van der Waals surface area contributed by atoms with E-state index in [9.17, 15) is 9.18 Å². The fraction of sp³-hybridized carbons (Fsp3) is 0.188. The molecule has 0 aromatic heterocycles. The number of thioether (sulfide) groups is 1. The van der Waals surface area contributed by atoms with Gasteiger partial charge >= 0.3 is 0 Å². The van der Waals surface area contributed by atoms with Crippen molar-refractivity contribution in [2.45, 2.75) is 17.9 Å². The fourth-order valence-corrected chi connectivity index (χ4v) is 3.60. The highest BCUT2D eigenvalue weighted by Crippen LogP contribution is 2.40. The standard InChI is InChI=1S/C16H15FN2OS/c1-9-12(17)6-10(16(18)20)7-13(9)19-14-8-21-15-5-3-2-4-11(14)15/h2-7,14,19H,8H2,1H3,(H2,18,20). The Morgan fingerprint density at radius 3 is 2.90 bits per heavy atom. The number of carbonyl (C=O) groups is 1. The van der Waals surface area contributed by atoms with Gasteiger partial charge in [-0.15, -0.1) is 11.8 Å². The number of halogens is 1. The van der Waals surface area contributed by atoms with Gasteiger partial charge in [0.15, 0.2) is 0 Å². The van der Waals surface area contributed by atoms with E-state index in [1.54, 1.807) is 24.8 Å². The third kappa shape index (κ3) is 2.61. The second-order valence-electron chi connectivity index (χ2n) is 5.04. The molecule has 0 saturated heterocycles. The van der Waals surface area contributed by atoms with Gasteiger partial charge in [-0.2, -0.15) is 0 Å². The van der Waals surface area contributed by atoms with Gasteiger partial charge in [0, 0.05) is 27.5 Å². The van der Waals surface area contributed by atoms with Gasteiger partial charge in [-0.25, -0.2) is 4.39 Å². The molecule has 0 bridgehead atoms. The predicted octanol–water partition coefficient (Wildman–Crippen LogP) is 3.49. The van der Waals surface area contributed by atoms with Crippen molar-refractivity contribution >= 4 is 23.4 Å². The van der Waals surface area contributed by atoms with Crippen molar-refractivity contribution in [3.8, 4) is 0 Å². The van der Waals surface area contributed by atoms with E-state index in [0.29, 0.717) is 11.3 Å². The molecule has 21 heavy (non-hydrogen) atoms. The first-order valence-corrected chi connectivity index (χ1v) is 7.63. The number of anilines is 1. The van der Waals surface area contributed by atoms with Gasteiger partial charge in [0.25, 0.3) is 0 Å². The van der Waals surface area contributed by atoms with Gasteiger partial charge in [0.05, 0.1) is 6.04 Å². The van der Waals surface area contributed by atoms with Crippen molar-refractivity contribution in [2.75, 3.05) is 11.1 Å². The minimum absolute atomic E-state index is 0.104. The second kappa shape index (κ2) is 5.41. The topological polar surface area (TPSA) is 55.1 Å². The molecule has 1 atom stereocenters. The van der Waals surface area contributed by atoms with E-state index >= 15 is 0 Å². The van der Waals surface area contributed by atoms with Gasteiger partial charge in [-0.3, -0.25) is 4.79 Å². The summed E-state index contributed by atoms with van der Waals surface area (Å²) in [6.07, 6.45) is 0. The maximum Gasteiger partial charge on any atom is 0.248 e. The Labute approximate surface area is 126 Å². The van der Waals surface area contributed by atoms with Crippen LogP contribution in [0.3, 0.4) is 0 Å². The summed E-state index contributed by atoms with van der Waals surface area (Å²) in [6.45, 7) is 1.69. The first-order valence-electron chi connectivity index (χ1n) is 6.64. The molecule has 5 heteroatoms. The monoisotopic (exact) mass is 302 g/mol. The Balaban J connectivity index is 1.94. The van der Waals surface area contributed by atoms with E-state index in [2.05, 4.69) is 17.4 Å². The maximum atomic E-state index is 13.9. The summed E-state index contributed by atoms with van der Waals surface area (Å²) in [5, 5.41) is 3.33. The van der Waals surface area contributed by atoms with Crippen LogP contribution in [0.25, 0.3) is 0 Å². The van der Waals surface area contributed by atoms with Crippen molar-refractivity contribution in [1.29, 1.82) is 0 Å². The Morgan fingerprint density at radius 2 is 2.14 bits per heavy atom. The minimum atomic E-state index is -0.627. The van der Waals surface area contributed by atoms with E-state index < -0.39 is 11.7 Å². The number of hydrogen-bond acceptors (Lipinski definition) is 3. The molecule has 0 saturated carbocycles. The average Bonchev–Trinajstić information content (AvgIpc) is 2.87. The molecule has 3 nitrogen and oxygen atoms in total. The van der Waals surface area contributed by atoms with Crippen LogP contribution in [0.1, 0.15) is 27.5 Å². The predicted molar refractivity (Wildman–Crippen MR) is 83.2 cm³/mol. The number of amides is 1. The summed E-state index contributed by atoms with van der Waals surface area (Å²) < 4.78 is 13.9. The van der Waals surface area contributed by atoms with Gasteiger partial charge < -0.3 is 11.1 Å². The van der Waals surface area contributed by atoms with Crippen LogP contribution in [0, 0.1) is 12.7 Å². The van der Waals surface area contributed by atoms with Crippen molar-refractivity contribution in [1.82, 2.24) is 0 Å². The SMILES string of the molecule is Cc1c(F)cc(C(N)=O)cc1NC1CSc2ccccc21. The lowest BCUT2D eigenvalue weighted by Crippen LogP contribution is -2.15. The number of rotatable bonds is 3. The molecule has 2 aromatic carbocycles. The maximum absolute atomic E-state index is 13.9. The van der Waals surface area contributed by atoms with Crippen molar-refractivity contribution in [3.05, 3.63) is 58.9 Å². The highest BCUT2D eigenvalue weighted by atomic mass is 32.2. The molecule has 2 aromatic rings. The summed E-state index contributed by atoms with van der Waals surface area (Å²) in [6, 6.07) is 11.0. The van der Waals surface area contributed by atoms with Gasteiger partial charge in [-0.1, -0.05) is 18.2 Å². The molecule has 0 spiro atoms. The van der Waals surface area contributed by atoms with Crippen molar-refractivity contribution in [2.24, 2.45) is 5.73 Å². The summed E-state index contributed by atoms with van der Waals surface area (Å²) in [4.78, 5) is 12.5. The molecular formula is C16H15FN2OS. The average molecular weight is 302 g/mol. The molecule has 108 valence electrons. The molecule has 1 unspecified atom stereocenters. The summed E-state index contributed by atoms with van der Waals surface area (Å²) >= 11 is 1.77. The minimum Gasteiger partial charge on any atom is -0.377 e. The first-order chi connectivity index (χ1) is 10.1. The van der Waals surface area contributed by atoms with Crippen LogP contribution in [-0.2, 0) is 0 Å². The third-order valence-corrected chi connectivity index (χ3v) is 4.84. The van der Waals surface area contributed by atoms with Crippen LogP contribution in [-0.4, -0.2) is 11.7 Å². The number of carbonyl (C=O) groups excluding carboxylic acids is 1. The molecule has 3 rings (SSSR count). The largest absolute Gasteiger partial charge is 0.377 e. The molecule has 1 aliphatic heterocycles. The van der Waals surface area contributed by atoms with Gasteiger partial charge in [0.1, 0.15) is 5.82 Å². The lowest BCUT2D eigenvalue weighted by atomic mass is 10.1. The summed E-state index contributed by atoms with van der Waals surface area (Å²) in [5.41, 5.74) is 7.74. The fourth-order valence-electron chi connectivity index (χ4n) is 2.44. The van der Waals surface area contributed by atoms with E-state index in [1.165, 1.54) is 16.5 Å². The van der Waals surface area contributed by atoms with Crippen LogP contribution in [0.5, 0.6) is 0 Å². The molecule has 0 fully saturated rings. The first kappa shape index (κ1) is 13.9. The van der Waals surface area contributed by atoms with Crippen LogP contribution in [0.15, 0.2) is 41.3 Å². The lowest BCUT2D eigenvalue weighted by Gasteiger charge is -2.17. The number of benzene rings is 2. The zero-order chi connectivity index (χ0) is 15.0. The molecule has 3 N–H and O–H groups in total. The van der Waals surface area contributed by atoms with Crippen LogP contribution >= 0.6 is 11.8 Å². The summed E-state index contributed by atoms with van der Waals surface area (Å²) in [7, 11) is 0. The third-order valence-electron chi connectivity index (χ3n) is 3.66. The van der Waals surface area contributed by atoms with Crippen molar-refractivity contribution < 1.29 is 9.18 Å². The van der Waals surface area contributed by atoms with Crippen LogP contribution in [0.4, 0.5) is 10.1 Å². The Kier molecular flexibility index (Phi) is 3.59. The highest BCUT2D eigenvalue weighted by molar-refractivity contribution is 7.99.